The fraction of sp³-hybridized carbons (Fsp3) is 0.222. The van der Waals surface area contributed by atoms with E-state index < -0.39 is 5.97 Å². The van der Waals surface area contributed by atoms with Gasteiger partial charge in [0.05, 0.1) is 5.56 Å². The molecule has 2 N–H and O–H groups in total. The van der Waals surface area contributed by atoms with E-state index in [0.717, 1.165) is 5.56 Å². The van der Waals surface area contributed by atoms with E-state index >= 15 is 0 Å². The third kappa shape index (κ3) is 4.73. The van der Waals surface area contributed by atoms with Gasteiger partial charge in [0.1, 0.15) is 0 Å². The number of nitrogens with zero attached hydrogens (tertiary/aromatic N) is 1. The Hall–Kier alpha value is -2.53. The van der Waals surface area contributed by atoms with Crippen LogP contribution in [-0.2, 0) is 16.1 Å². The van der Waals surface area contributed by atoms with Crippen molar-refractivity contribution in [1.29, 1.82) is 0 Å². The molecule has 5 nitrogen and oxygen atoms in total. The first-order valence-corrected chi connectivity index (χ1v) is 7.93. The van der Waals surface area contributed by atoms with Crippen molar-refractivity contribution < 1.29 is 14.3 Å². The van der Waals surface area contributed by atoms with Crippen molar-refractivity contribution >= 4 is 29.2 Å². The van der Waals surface area contributed by atoms with Gasteiger partial charge in [0.2, 0.25) is 0 Å². The Morgan fingerprint density at radius 3 is 2.54 bits per heavy atom. The molecule has 0 fully saturated rings. The lowest BCUT2D eigenvalue weighted by atomic mass is 10.2. The SMILES string of the molecule is CCN(Cc1ccccc1)C(=O)COC(=O)c1cc(Cl)ccc1N. The molecule has 0 saturated heterocycles. The van der Waals surface area contributed by atoms with Gasteiger partial charge in [-0.2, -0.15) is 0 Å². The molecule has 0 atom stereocenters. The molecule has 0 aliphatic heterocycles. The molecule has 0 radical (unpaired) electrons. The first-order chi connectivity index (χ1) is 11.5. The van der Waals surface area contributed by atoms with Crippen molar-refractivity contribution in [3.05, 3.63) is 64.7 Å². The van der Waals surface area contributed by atoms with E-state index in [1.165, 1.54) is 12.1 Å². The van der Waals surface area contributed by atoms with Crippen molar-refractivity contribution in [3.63, 3.8) is 0 Å². The van der Waals surface area contributed by atoms with Gasteiger partial charge in [0.25, 0.3) is 5.91 Å². The lowest BCUT2D eigenvalue weighted by molar-refractivity contribution is -0.134. The first-order valence-electron chi connectivity index (χ1n) is 7.55. The van der Waals surface area contributed by atoms with E-state index in [4.69, 9.17) is 22.1 Å². The quantitative estimate of drug-likeness (QED) is 0.644. The Balaban J connectivity index is 1.95. The molecule has 24 heavy (non-hydrogen) atoms. The summed E-state index contributed by atoms with van der Waals surface area (Å²) in [5.41, 5.74) is 7.15. The van der Waals surface area contributed by atoms with E-state index in [1.807, 2.05) is 37.3 Å². The molecular formula is C18H19ClN2O3. The second-order valence-corrected chi connectivity index (χ2v) is 5.64. The highest BCUT2D eigenvalue weighted by Crippen LogP contribution is 2.18. The van der Waals surface area contributed by atoms with Gasteiger partial charge in [-0.05, 0) is 30.7 Å². The van der Waals surface area contributed by atoms with Crippen LogP contribution >= 0.6 is 11.6 Å². The number of nitrogens with two attached hydrogens (primary N) is 1. The number of nitrogen functional groups attached to an aromatic ring is 1. The summed E-state index contributed by atoms with van der Waals surface area (Å²) >= 11 is 5.85. The van der Waals surface area contributed by atoms with Gasteiger partial charge >= 0.3 is 5.97 Å². The molecule has 0 aromatic heterocycles. The Morgan fingerprint density at radius 2 is 1.88 bits per heavy atom. The molecule has 0 spiro atoms. The predicted octanol–water partition coefficient (Wildman–Crippen LogP) is 3.13. The molecule has 0 aliphatic rings. The van der Waals surface area contributed by atoms with Crippen LogP contribution in [0.4, 0.5) is 5.69 Å². The summed E-state index contributed by atoms with van der Waals surface area (Å²) in [6.07, 6.45) is 0. The van der Waals surface area contributed by atoms with Gasteiger partial charge in [-0.1, -0.05) is 41.9 Å². The number of likely N-dealkylation sites (N-methyl/N-ethyl adjacent to an activating group) is 1. The van der Waals surface area contributed by atoms with Crippen molar-refractivity contribution in [2.75, 3.05) is 18.9 Å². The highest BCUT2D eigenvalue weighted by molar-refractivity contribution is 6.31. The summed E-state index contributed by atoms with van der Waals surface area (Å²) in [5, 5.41) is 0.377. The van der Waals surface area contributed by atoms with Gasteiger partial charge in [0.15, 0.2) is 6.61 Å². The summed E-state index contributed by atoms with van der Waals surface area (Å²) in [7, 11) is 0. The first kappa shape index (κ1) is 17.8. The fourth-order valence-corrected chi connectivity index (χ4v) is 2.35. The minimum atomic E-state index is -0.667. The largest absolute Gasteiger partial charge is 0.452 e. The number of carbonyl (C=O) groups is 2. The van der Waals surface area contributed by atoms with Gasteiger partial charge in [0, 0.05) is 23.8 Å². The number of carbonyl (C=O) groups excluding carboxylic acids is 2. The summed E-state index contributed by atoms with van der Waals surface area (Å²) < 4.78 is 5.08. The van der Waals surface area contributed by atoms with Crippen LogP contribution in [0.2, 0.25) is 5.02 Å². The van der Waals surface area contributed by atoms with E-state index in [1.54, 1.807) is 11.0 Å². The second kappa shape index (κ2) is 8.36. The van der Waals surface area contributed by atoms with Crippen LogP contribution in [0.15, 0.2) is 48.5 Å². The highest BCUT2D eigenvalue weighted by Gasteiger charge is 2.17. The number of halogens is 1. The average Bonchev–Trinajstić information content (AvgIpc) is 2.60. The lowest BCUT2D eigenvalue weighted by Crippen LogP contribution is -2.34. The molecule has 126 valence electrons. The van der Waals surface area contributed by atoms with E-state index in [2.05, 4.69) is 0 Å². The topological polar surface area (TPSA) is 72.6 Å². The Kier molecular flexibility index (Phi) is 6.21. The fourth-order valence-electron chi connectivity index (χ4n) is 2.18. The third-order valence-electron chi connectivity index (χ3n) is 3.51. The van der Waals surface area contributed by atoms with Crippen LogP contribution in [0.1, 0.15) is 22.8 Å². The van der Waals surface area contributed by atoms with Crippen molar-refractivity contribution in [3.8, 4) is 0 Å². The number of anilines is 1. The zero-order valence-electron chi connectivity index (χ0n) is 13.4. The Bertz CT molecular complexity index is 719. The van der Waals surface area contributed by atoms with Gasteiger partial charge < -0.3 is 15.4 Å². The normalized spacial score (nSPS) is 10.2. The maximum Gasteiger partial charge on any atom is 0.340 e. The number of amides is 1. The van der Waals surface area contributed by atoms with Crippen LogP contribution < -0.4 is 5.73 Å². The van der Waals surface area contributed by atoms with Crippen LogP contribution in [0.3, 0.4) is 0 Å². The summed E-state index contributed by atoms with van der Waals surface area (Å²) in [4.78, 5) is 25.9. The Morgan fingerprint density at radius 1 is 1.17 bits per heavy atom. The molecule has 6 heteroatoms. The zero-order valence-corrected chi connectivity index (χ0v) is 14.1. The predicted molar refractivity (Wildman–Crippen MR) is 93.7 cm³/mol. The molecule has 1 amide bonds. The molecule has 2 rings (SSSR count). The van der Waals surface area contributed by atoms with Crippen LogP contribution in [0.5, 0.6) is 0 Å². The van der Waals surface area contributed by atoms with Crippen LogP contribution in [-0.4, -0.2) is 29.9 Å². The maximum absolute atomic E-state index is 12.3. The standard InChI is InChI=1S/C18H19ClN2O3/c1-2-21(11-13-6-4-3-5-7-13)17(22)12-24-18(23)15-10-14(19)8-9-16(15)20/h3-10H,2,11-12,20H2,1H3. The summed E-state index contributed by atoms with van der Waals surface area (Å²) in [5.74, 6) is -0.936. The van der Waals surface area contributed by atoms with Crippen molar-refractivity contribution in [2.45, 2.75) is 13.5 Å². The average molecular weight is 347 g/mol. The highest BCUT2D eigenvalue weighted by atomic mass is 35.5. The van der Waals surface area contributed by atoms with Crippen molar-refractivity contribution in [2.24, 2.45) is 0 Å². The van der Waals surface area contributed by atoms with Crippen LogP contribution in [0.25, 0.3) is 0 Å². The van der Waals surface area contributed by atoms with Gasteiger partial charge in [-0.25, -0.2) is 4.79 Å². The maximum atomic E-state index is 12.3. The lowest BCUT2D eigenvalue weighted by Gasteiger charge is -2.21. The Labute approximate surface area is 146 Å². The van der Waals surface area contributed by atoms with Gasteiger partial charge in [-0.3, -0.25) is 4.79 Å². The van der Waals surface area contributed by atoms with E-state index in [-0.39, 0.29) is 23.8 Å². The molecule has 0 aliphatic carbocycles. The monoisotopic (exact) mass is 346 g/mol. The number of benzene rings is 2. The molecule has 2 aromatic rings. The number of hydrogen-bond acceptors (Lipinski definition) is 4. The molecule has 0 bridgehead atoms. The number of esters is 1. The van der Waals surface area contributed by atoms with E-state index in [0.29, 0.717) is 18.1 Å². The van der Waals surface area contributed by atoms with Crippen molar-refractivity contribution in [1.82, 2.24) is 4.90 Å². The zero-order chi connectivity index (χ0) is 17.5. The minimum Gasteiger partial charge on any atom is -0.452 e. The molecular weight excluding hydrogens is 328 g/mol. The molecule has 0 heterocycles. The number of ether oxygens (including phenoxy) is 1. The summed E-state index contributed by atoms with van der Waals surface area (Å²) in [6, 6.07) is 14.1. The van der Waals surface area contributed by atoms with Gasteiger partial charge in [-0.15, -0.1) is 0 Å². The summed E-state index contributed by atoms with van der Waals surface area (Å²) in [6.45, 7) is 2.51. The van der Waals surface area contributed by atoms with Crippen LogP contribution in [0, 0.1) is 0 Å². The minimum absolute atomic E-state index is 0.154. The molecule has 0 unspecified atom stereocenters. The second-order valence-electron chi connectivity index (χ2n) is 5.20. The molecule has 0 saturated carbocycles. The molecule has 2 aromatic carbocycles. The number of hydrogen-bond donors (Lipinski definition) is 1. The van der Waals surface area contributed by atoms with E-state index in [9.17, 15) is 9.59 Å². The third-order valence-corrected chi connectivity index (χ3v) is 3.75. The number of rotatable bonds is 6. The smallest absolute Gasteiger partial charge is 0.340 e.